The number of fused-ring (bicyclic) bond motifs is 1. The molecule has 0 saturated carbocycles. The zero-order valence-corrected chi connectivity index (χ0v) is 45.9. The Balaban J connectivity index is 1.01. The Hall–Kier alpha value is -5.55. The molecule has 76 heavy (non-hydrogen) atoms. The molecule has 9 atom stereocenters. The third kappa shape index (κ3) is 11.7. The first-order chi connectivity index (χ1) is 36.4. The molecule has 7 heterocycles. The number of carbonyl (C=O) groups is 2. The number of aliphatic hydroxyl groups is 1. The first-order valence-corrected chi connectivity index (χ1v) is 31.2. The summed E-state index contributed by atoms with van der Waals surface area (Å²) in [5.41, 5.74) is 1.74. The fourth-order valence-electron chi connectivity index (χ4n) is 9.13. The molecule has 2 fully saturated rings. The minimum Gasteiger partial charge on any atom is -0.460 e. The molecule has 1 amide bonds. The van der Waals surface area contributed by atoms with Crippen molar-refractivity contribution < 1.29 is 60.9 Å². The minimum absolute atomic E-state index is 0.00252. The second-order valence-electron chi connectivity index (χ2n) is 19.8. The molecule has 6 aromatic rings. The number of ether oxygens (including phenoxy) is 3. The molecule has 0 aliphatic carbocycles. The number of benzene rings is 2. The van der Waals surface area contributed by atoms with Gasteiger partial charge in [0.05, 0.1) is 43.1 Å². The second kappa shape index (κ2) is 23.2. The molecule has 0 spiro atoms. The maximum absolute atomic E-state index is 14.0. The summed E-state index contributed by atoms with van der Waals surface area (Å²) in [4.78, 5) is 74.0. The Morgan fingerprint density at radius 2 is 1.68 bits per heavy atom. The van der Waals surface area contributed by atoms with Crippen LogP contribution in [0.25, 0.3) is 27.0 Å². The highest BCUT2D eigenvalue weighted by Crippen LogP contribution is 2.55. The van der Waals surface area contributed by atoms with Gasteiger partial charge in [-0.2, -0.15) is 0 Å². The summed E-state index contributed by atoms with van der Waals surface area (Å²) in [6, 6.07) is 17.4. The van der Waals surface area contributed by atoms with Gasteiger partial charge in [0.25, 0.3) is 11.5 Å². The van der Waals surface area contributed by atoms with Gasteiger partial charge in [0, 0.05) is 29.3 Å². The number of anilines is 1. The monoisotopic (exact) mass is 1120 g/mol. The molecule has 4 aromatic heterocycles. The average molecular weight is 1120 g/mol. The lowest BCUT2D eigenvalue weighted by Gasteiger charge is -2.40. The van der Waals surface area contributed by atoms with E-state index in [0.29, 0.717) is 47.4 Å². The zero-order chi connectivity index (χ0) is 53.9. The van der Waals surface area contributed by atoms with Crippen LogP contribution in [0.3, 0.4) is 0 Å². The second-order valence-corrected chi connectivity index (χ2v) is 28.2. The quantitative estimate of drug-likeness (QED) is 0.0267. The van der Waals surface area contributed by atoms with Crippen LogP contribution in [-0.4, -0.2) is 134 Å². The minimum atomic E-state index is -3.97. The number of nitrogens with zero attached hydrogens (tertiary/aromatic N) is 9. The summed E-state index contributed by atoms with van der Waals surface area (Å²) >= 11 is 6.08. The summed E-state index contributed by atoms with van der Waals surface area (Å²) in [7, 11) is -6.02. The molecule has 2 aromatic carbocycles. The smallest absolute Gasteiger partial charge is 0.460 e. The molecular formula is C49H58N9O14P2SSi+. The third-order valence-corrected chi connectivity index (χ3v) is 21.2. The van der Waals surface area contributed by atoms with Crippen LogP contribution in [0.15, 0.2) is 90.6 Å². The van der Waals surface area contributed by atoms with Crippen molar-refractivity contribution in [2.45, 2.75) is 108 Å². The highest BCUT2D eigenvalue weighted by atomic mass is 32.5. The molecule has 27 heteroatoms. The molecule has 9 rings (SSSR count). The van der Waals surface area contributed by atoms with E-state index in [0.717, 1.165) is 5.56 Å². The van der Waals surface area contributed by atoms with Crippen molar-refractivity contribution in [3.63, 3.8) is 0 Å². The molecule has 3 aliphatic rings. The number of esters is 1. The van der Waals surface area contributed by atoms with E-state index in [4.69, 9.17) is 60.1 Å². The van der Waals surface area contributed by atoms with Gasteiger partial charge in [-0.25, -0.2) is 31.3 Å². The summed E-state index contributed by atoms with van der Waals surface area (Å²) in [6.07, 6.45) is -0.201. The van der Waals surface area contributed by atoms with E-state index in [9.17, 15) is 28.9 Å². The van der Waals surface area contributed by atoms with Crippen molar-refractivity contribution in [2.24, 2.45) is 0 Å². The highest BCUT2D eigenvalue weighted by molar-refractivity contribution is 8.07. The molecule has 2 N–H and O–H groups in total. The molecule has 23 nitrogen and oxygen atoms in total. The van der Waals surface area contributed by atoms with Crippen molar-refractivity contribution >= 4 is 75.0 Å². The van der Waals surface area contributed by atoms with Crippen LogP contribution in [0.1, 0.15) is 72.3 Å². The van der Waals surface area contributed by atoms with Crippen molar-refractivity contribution in [2.75, 3.05) is 44.4 Å². The number of carbonyl (C=O) groups excluding carboxylic acids is 2. The summed E-state index contributed by atoms with van der Waals surface area (Å²) in [6.45, 7) is 12.9. The van der Waals surface area contributed by atoms with Gasteiger partial charge in [-0.05, 0) is 72.6 Å². The number of rotatable bonds is 20. The van der Waals surface area contributed by atoms with Gasteiger partial charge in [0.1, 0.15) is 55.6 Å². The van der Waals surface area contributed by atoms with Crippen LogP contribution in [-0.2, 0) is 66.1 Å². The molecular weight excluding hydrogens is 1060 g/mol. The van der Waals surface area contributed by atoms with Crippen molar-refractivity contribution in [1.82, 2.24) is 33.6 Å². The van der Waals surface area contributed by atoms with Crippen LogP contribution in [0, 0.1) is 6.57 Å². The lowest BCUT2D eigenvalue weighted by Crippen LogP contribution is -2.49. The Bertz CT molecular complexity index is 3250. The summed E-state index contributed by atoms with van der Waals surface area (Å²) in [5, 5.41) is 10.6. The highest BCUT2D eigenvalue weighted by Gasteiger charge is 2.56. The van der Waals surface area contributed by atoms with Crippen LogP contribution in [0.5, 0.6) is 0 Å². The number of aliphatic hydroxyl groups excluding tert-OH is 1. The Morgan fingerprint density at radius 1 is 0.947 bits per heavy atom. The van der Waals surface area contributed by atoms with Crippen molar-refractivity contribution in [3.05, 3.63) is 124 Å². The Labute approximate surface area is 444 Å². The van der Waals surface area contributed by atoms with E-state index in [1.54, 1.807) is 64.1 Å². The molecule has 2 saturated heterocycles. The standard InChI is InChI=1S/C49H57N9O14P2SSi/c1-49(2,3)76(5,6)72-40-39(70-73(63)64)36(69-47(40)57-25-33-18-13-20-56(41-37(33)42(57)52-28-51-41)44(60)31-14-9-7-10-15-31)27-67-74(75,66-22-19-50-4)71-35-24-34(26-59)68-46(35)58-30-53-38-43(58)54-29-55(45(38)61)21-23-65-48(62)32-16-11-8-12-17-32/h7-12,14-17,25,28-30,34-36,39-40,46-47,59H,13,18-24,26-27H2,1-3,5-6H3/p+1/t34-,35+,36+,39+,40+,46+,47+,74?/m0/s1. The van der Waals surface area contributed by atoms with E-state index < -0.39 is 91.0 Å². The number of hydrogen-bond acceptors (Lipinski definition) is 18. The topological polar surface area (TPSA) is 257 Å². The number of aryl methyl sites for hydroxylation is 1. The largest absolute Gasteiger partial charge is 0.695 e. The lowest BCUT2D eigenvalue weighted by atomic mass is 10.1. The van der Waals surface area contributed by atoms with E-state index >= 15 is 0 Å². The van der Waals surface area contributed by atoms with Gasteiger partial charge in [0.15, 0.2) is 38.0 Å². The van der Waals surface area contributed by atoms with E-state index in [1.165, 1.54) is 28.1 Å². The fourth-order valence-corrected chi connectivity index (χ4v) is 13.0. The fraction of sp³-hybridized carbons (Fsp3) is 0.469. The van der Waals surface area contributed by atoms with E-state index in [2.05, 4.69) is 40.6 Å². The SMILES string of the molecule is [C-]#[N+]CCOP(=S)(OC[C@H]1O[C@@H](n2cc3c4c(ncnc42)N(C(=O)c2ccccc2)CCC3)[C@H](O[Si](C)(C)C(C)(C)C)[C@@H]1O[P+](=O)O)O[C@@H]1C[C@@H](CO)O[C@H]1n1cnc2c(=O)n(CCOC(=O)c3ccccc3)cnc21. The predicted octanol–water partition coefficient (Wildman–Crippen LogP) is 6.65. The number of aromatic nitrogens is 7. The van der Waals surface area contributed by atoms with Crippen molar-refractivity contribution in [3.8, 4) is 0 Å². The molecule has 0 radical (unpaired) electrons. The molecule has 3 aliphatic heterocycles. The van der Waals surface area contributed by atoms with Crippen molar-refractivity contribution in [1.29, 1.82) is 0 Å². The average Bonchev–Trinajstić information content (AvgIpc) is 4.26. The first kappa shape index (κ1) is 55.2. The van der Waals surface area contributed by atoms with Gasteiger partial charge >= 0.3 is 20.9 Å². The van der Waals surface area contributed by atoms with Crippen LogP contribution >= 0.6 is 15.0 Å². The predicted molar refractivity (Wildman–Crippen MR) is 281 cm³/mol. The number of hydrogen-bond donors (Lipinski definition) is 2. The summed E-state index contributed by atoms with van der Waals surface area (Å²) < 4.78 is 68.0. The van der Waals surface area contributed by atoms with Gasteiger partial charge in [-0.1, -0.05) is 57.2 Å². The van der Waals surface area contributed by atoms with Gasteiger partial charge in [-0.3, -0.25) is 23.6 Å². The van der Waals surface area contributed by atoms with Gasteiger partial charge < -0.3 is 46.7 Å². The Morgan fingerprint density at radius 3 is 2.38 bits per heavy atom. The molecule has 2 unspecified atom stereocenters. The van der Waals surface area contributed by atoms with Crippen LogP contribution in [0.2, 0.25) is 18.1 Å². The maximum Gasteiger partial charge on any atom is 0.695 e. The molecule has 0 bridgehead atoms. The van der Waals surface area contributed by atoms with Gasteiger partial charge in [0.2, 0.25) is 6.54 Å². The summed E-state index contributed by atoms with van der Waals surface area (Å²) in [5.74, 6) is -0.330. The third-order valence-electron chi connectivity index (χ3n) is 13.9. The number of amides is 1. The molecule has 402 valence electrons. The van der Waals surface area contributed by atoms with E-state index in [1.807, 2.05) is 25.4 Å². The van der Waals surface area contributed by atoms with Crippen LogP contribution < -0.4 is 10.5 Å². The normalized spacial score (nSPS) is 22.8. The van der Waals surface area contributed by atoms with Crippen LogP contribution in [0.4, 0.5) is 5.82 Å². The number of imidazole rings is 1. The maximum atomic E-state index is 14.0. The lowest BCUT2D eigenvalue weighted by molar-refractivity contribution is -0.0573. The van der Waals surface area contributed by atoms with Gasteiger partial charge in [-0.15, -0.1) is 9.42 Å². The zero-order valence-electron chi connectivity index (χ0n) is 42.3. The van der Waals surface area contributed by atoms with E-state index in [-0.39, 0.29) is 54.8 Å². The Kier molecular flexibility index (Phi) is 16.8. The first-order valence-electron chi connectivity index (χ1n) is 24.6.